The molecule has 0 atom stereocenters. The zero-order valence-electron chi connectivity index (χ0n) is 17.2. The minimum atomic E-state index is -0.133. The molecule has 3 heterocycles. The predicted molar refractivity (Wildman–Crippen MR) is 126 cm³/mol. The van der Waals surface area contributed by atoms with Crippen LogP contribution in [-0.4, -0.2) is 4.98 Å². The van der Waals surface area contributed by atoms with Gasteiger partial charge in [0.1, 0.15) is 11.5 Å². The van der Waals surface area contributed by atoms with Crippen LogP contribution in [-0.2, 0) is 5.41 Å². The molecular formula is C27H21NOS. The van der Waals surface area contributed by atoms with Crippen molar-refractivity contribution in [3.8, 4) is 22.8 Å². The molecule has 3 heteroatoms. The maximum absolute atomic E-state index is 6.52. The van der Waals surface area contributed by atoms with E-state index in [0.717, 1.165) is 22.8 Å². The summed E-state index contributed by atoms with van der Waals surface area (Å²) in [4.78, 5) is 4.88. The second kappa shape index (κ2) is 6.16. The van der Waals surface area contributed by atoms with Gasteiger partial charge in [-0.3, -0.25) is 4.98 Å². The van der Waals surface area contributed by atoms with Crippen LogP contribution in [0.1, 0.15) is 30.5 Å². The minimum absolute atomic E-state index is 0.133. The van der Waals surface area contributed by atoms with Gasteiger partial charge in [0.05, 0.1) is 10.4 Å². The van der Waals surface area contributed by atoms with Crippen LogP contribution in [0.2, 0.25) is 0 Å². The van der Waals surface area contributed by atoms with E-state index in [1.165, 1.54) is 36.9 Å². The fraction of sp³-hybridized carbons (Fsp3) is 0.148. The molecule has 0 bridgehead atoms. The van der Waals surface area contributed by atoms with E-state index in [-0.39, 0.29) is 5.41 Å². The SMILES string of the molecule is Cc1ccc2c(c1-c1cc3c(cn1)sc1ccccc13)Oc1ccccc1C2(C)C. The smallest absolute Gasteiger partial charge is 0.141 e. The fourth-order valence-corrected chi connectivity index (χ4v) is 5.75. The molecule has 1 aliphatic rings. The molecule has 6 rings (SSSR count). The van der Waals surface area contributed by atoms with E-state index in [4.69, 9.17) is 9.72 Å². The molecule has 0 amide bonds. The van der Waals surface area contributed by atoms with Crippen molar-refractivity contribution in [1.82, 2.24) is 4.98 Å². The van der Waals surface area contributed by atoms with E-state index >= 15 is 0 Å². The molecular weight excluding hydrogens is 386 g/mol. The van der Waals surface area contributed by atoms with Gasteiger partial charge < -0.3 is 4.74 Å². The minimum Gasteiger partial charge on any atom is -0.456 e. The third-order valence-corrected chi connectivity index (χ3v) is 7.45. The van der Waals surface area contributed by atoms with Crippen molar-refractivity contribution in [2.24, 2.45) is 0 Å². The third-order valence-electron chi connectivity index (χ3n) is 6.33. The third kappa shape index (κ3) is 2.39. The number of fused-ring (bicyclic) bond motifs is 5. The number of para-hydroxylation sites is 1. The molecule has 0 spiro atoms. The second-order valence-electron chi connectivity index (χ2n) is 8.52. The monoisotopic (exact) mass is 407 g/mol. The van der Waals surface area contributed by atoms with Gasteiger partial charge in [0, 0.05) is 43.8 Å². The molecule has 0 saturated heterocycles. The Bertz CT molecular complexity index is 1460. The molecule has 146 valence electrons. The summed E-state index contributed by atoms with van der Waals surface area (Å²) in [5.41, 5.74) is 5.53. The summed E-state index contributed by atoms with van der Waals surface area (Å²) in [5.74, 6) is 1.87. The molecule has 0 unspecified atom stereocenters. The summed E-state index contributed by atoms with van der Waals surface area (Å²) in [5, 5.41) is 2.54. The van der Waals surface area contributed by atoms with E-state index in [1.54, 1.807) is 11.3 Å². The predicted octanol–water partition coefficient (Wildman–Crippen LogP) is 7.86. The van der Waals surface area contributed by atoms with Gasteiger partial charge in [-0.1, -0.05) is 62.4 Å². The first kappa shape index (κ1) is 17.7. The fourth-order valence-electron chi connectivity index (χ4n) is 4.69. The van der Waals surface area contributed by atoms with E-state index in [0.29, 0.717) is 0 Å². The van der Waals surface area contributed by atoms with Crippen molar-refractivity contribution in [3.63, 3.8) is 0 Å². The van der Waals surface area contributed by atoms with Gasteiger partial charge in [0.25, 0.3) is 0 Å². The molecule has 2 nitrogen and oxygen atoms in total. The highest BCUT2D eigenvalue weighted by Crippen LogP contribution is 2.52. The highest BCUT2D eigenvalue weighted by atomic mass is 32.1. The lowest BCUT2D eigenvalue weighted by Gasteiger charge is -2.35. The zero-order chi connectivity index (χ0) is 20.5. The number of pyridine rings is 1. The largest absolute Gasteiger partial charge is 0.456 e. The highest BCUT2D eigenvalue weighted by molar-refractivity contribution is 7.25. The number of rotatable bonds is 1. The lowest BCUT2D eigenvalue weighted by atomic mass is 9.74. The van der Waals surface area contributed by atoms with Gasteiger partial charge in [0.15, 0.2) is 0 Å². The van der Waals surface area contributed by atoms with Crippen LogP contribution in [0.25, 0.3) is 31.4 Å². The molecule has 2 aromatic heterocycles. The number of nitrogens with zero attached hydrogens (tertiary/aromatic N) is 1. The van der Waals surface area contributed by atoms with E-state index in [9.17, 15) is 0 Å². The Kier molecular flexibility index (Phi) is 3.63. The number of aryl methyl sites for hydroxylation is 1. The lowest BCUT2D eigenvalue weighted by molar-refractivity contribution is 0.419. The van der Waals surface area contributed by atoms with Gasteiger partial charge in [-0.2, -0.15) is 0 Å². The van der Waals surface area contributed by atoms with E-state index < -0.39 is 0 Å². The van der Waals surface area contributed by atoms with Crippen LogP contribution in [0, 0.1) is 6.92 Å². The molecule has 1 aliphatic heterocycles. The Morgan fingerprint density at radius 1 is 0.833 bits per heavy atom. The van der Waals surface area contributed by atoms with E-state index in [1.807, 2.05) is 12.3 Å². The van der Waals surface area contributed by atoms with Crippen molar-refractivity contribution in [1.29, 1.82) is 0 Å². The number of hydrogen-bond acceptors (Lipinski definition) is 3. The topological polar surface area (TPSA) is 22.1 Å². The summed E-state index contributed by atoms with van der Waals surface area (Å²) in [6.07, 6.45) is 2.01. The average molecular weight is 408 g/mol. The summed E-state index contributed by atoms with van der Waals surface area (Å²) in [6, 6.07) is 23.6. The highest BCUT2D eigenvalue weighted by Gasteiger charge is 2.36. The van der Waals surface area contributed by atoms with E-state index in [2.05, 4.69) is 81.4 Å². The molecule has 5 aromatic rings. The standard InChI is InChI=1S/C27H21NOS/c1-16-12-13-20-26(29-22-10-6-5-9-19(22)27(20,2)3)25(16)21-14-18-17-8-4-7-11-23(17)30-24(18)15-28-21/h4-15H,1-3H3. The van der Waals surface area contributed by atoms with Crippen LogP contribution in [0.4, 0.5) is 0 Å². The Labute approximate surface area is 179 Å². The van der Waals surface area contributed by atoms with Crippen LogP contribution in [0.5, 0.6) is 11.5 Å². The maximum Gasteiger partial charge on any atom is 0.141 e. The first-order chi connectivity index (χ1) is 14.5. The Morgan fingerprint density at radius 3 is 2.53 bits per heavy atom. The second-order valence-corrected chi connectivity index (χ2v) is 9.61. The van der Waals surface area contributed by atoms with Crippen molar-refractivity contribution < 1.29 is 4.74 Å². The Morgan fingerprint density at radius 2 is 1.63 bits per heavy atom. The average Bonchev–Trinajstić information content (AvgIpc) is 3.11. The first-order valence-corrected chi connectivity index (χ1v) is 11.0. The Balaban J connectivity index is 1.63. The van der Waals surface area contributed by atoms with Gasteiger partial charge in [-0.15, -0.1) is 11.3 Å². The number of thiophene rings is 1. The quantitative estimate of drug-likeness (QED) is 0.282. The van der Waals surface area contributed by atoms with Crippen molar-refractivity contribution in [2.45, 2.75) is 26.2 Å². The van der Waals surface area contributed by atoms with Crippen molar-refractivity contribution >= 4 is 31.5 Å². The number of ether oxygens (including phenoxy) is 1. The van der Waals surface area contributed by atoms with Crippen LogP contribution in [0.3, 0.4) is 0 Å². The van der Waals surface area contributed by atoms with Crippen LogP contribution in [0.15, 0.2) is 72.9 Å². The summed E-state index contributed by atoms with van der Waals surface area (Å²) < 4.78 is 9.04. The van der Waals surface area contributed by atoms with Gasteiger partial charge >= 0.3 is 0 Å². The number of aromatic nitrogens is 1. The van der Waals surface area contributed by atoms with Crippen LogP contribution < -0.4 is 4.74 Å². The normalized spacial score (nSPS) is 14.4. The maximum atomic E-state index is 6.52. The molecule has 0 fully saturated rings. The molecule has 3 aromatic carbocycles. The van der Waals surface area contributed by atoms with Crippen molar-refractivity contribution in [2.75, 3.05) is 0 Å². The molecule has 0 aliphatic carbocycles. The summed E-state index contributed by atoms with van der Waals surface area (Å²) in [7, 11) is 0. The number of hydrogen-bond donors (Lipinski definition) is 0. The summed E-state index contributed by atoms with van der Waals surface area (Å²) >= 11 is 1.80. The zero-order valence-corrected chi connectivity index (χ0v) is 18.0. The van der Waals surface area contributed by atoms with Gasteiger partial charge in [-0.05, 0) is 30.7 Å². The number of benzene rings is 3. The molecule has 0 saturated carbocycles. The Hall–Kier alpha value is -3.17. The molecule has 30 heavy (non-hydrogen) atoms. The van der Waals surface area contributed by atoms with Crippen molar-refractivity contribution in [3.05, 3.63) is 89.6 Å². The molecule has 0 radical (unpaired) electrons. The first-order valence-electron chi connectivity index (χ1n) is 10.2. The van der Waals surface area contributed by atoms with Gasteiger partial charge in [-0.25, -0.2) is 0 Å². The van der Waals surface area contributed by atoms with Gasteiger partial charge in [0.2, 0.25) is 0 Å². The summed E-state index contributed by atoms with van der Waals surface area (Å²) in [6.45, 7) is 6.69. The lowest BCUT2D eigenvalue weighted by Crippen LogP contribution is -2.24. The molecule has 0 N–H and O–H groups in total. The van der Waals surface area contributed by atoms with Crippen LogP contribution >= 0.6 is 11.3 Å².